The lowest BCUT2D eigenvalue weighted by Crippen LogP contribution is -2.34. The number of aryl methyl sites for hydroxylation is 1. The summed E-state index contributed by atoms with van der Waals surface area (Å²) in [6.45, 7) is 4.04. The zero-order chi connectivity index (χ0) is 13.0. The van der Waals surface area contributed by atoms with Gasteiger partial charge in [-0.2, -0.15) is 5.10 Å². The first-order valence-electron chi connectivity index (χ1n) is 6.31. The van der Waals surface area contributed by atoms with E-state index < -0.39 is 12.0 Å². The van der Waals surface area contributed by atoms with Gasteiger partial charge in [-0.15, -0.1) is 0 Å². The summed E-state index contributed by atoms with van der Waals surface area (Å²) in [6.07, 6.45) is 5.55. The molecule has 18 heavy (non-hydrogen) atoms. The van der Waals surface area contributed by atoms with E-state index in [0.717, 1.165) is 26.0 Å². The number of carboxylic acids is 1. The zero-order valence-electron chi connectivity index (χ0n) is 10.5. The van der Waals surface area contributed by atoms with E-state index in [1.54, 1.807) is 17.1 Å². The van der Waals surface area contributed by atoms with Crippen LogP contribution in [0.15, 0.2) is 12.4 Å². The van der Waals surface area contributed by atoms with Crippen molar-refractivity contribution in [3.05, 3.63) is 18.0 Å². The largest absolute Gasteiger partial charge is 0.480 e. The molecule has 1 aliphatic rings. The number of aromatic nitrogens is 2. The van der Waals surface area contributed by atoms with E-state index >= 15 is 0 Å². The molecule has 2 unspecified atom stereocenters. The van der Waals surface area contributed by atoms with Crippen molar-refractivity contribution in [2.24, 2.45) is 0 Å². The molecule has 2 atom stereocenters. The molecule has 2 heterocycles. The number of carboxylic acid groups (broad SMARTS) is 1. The molecule has 0 amide bonds. The first-order valence-corrected chi connectivity index (χ1v) is 6.31. The van der Waals surface area contributed by atoms with Crippen LogP contribution in [0.25, 0.3) is 0 Å². The van der Waals surface area contributed by atoms with Crippen molar-refractivity contribution < 1.29 is 14.6 Å². The summed E-state index contributed by atoms with van der Waals surface area (Å²) in [5.41, 5.74) is 0.683. The zero-order valence-corrected chi connectivity index (χ0v) is 10.5. The van der Waals surface area contributed by atoms with Gasteiger partial charge in [0.1, 0.15) is 6.04 Å². The summed E-state index contributed by atoms with van der Waals surface area (Å²) in [7, 11) is 0. The second kappa shape index (κ2) is 5.97. The van der Waals surface area contributed by atoms with Gasteiger partial charge in [0.2, 0.25) is 0 Å². The minimum absolute atomic E-state index is 0.132. The summed E-state index contributed by atoms with van der Waals surface area (Å²) in [4.78, 5) is 11.3. The number of carbonyl (C=O) groups is 1. The molecule has 6 nitrogen and oxygen atoms in total. The Bertz CT molecular complexity index is 399. The molecule has 2 N–H and O–H groups in total. The van der Waals surface area contributed by atoms with Crippen LogP contribution in [0.1, 0.15) is 31.4 Å². The number of hydrogen-bond acceptors (Lipinski definition) is 4. The van der Waals surface area contributed by atoms with Crippen LogP contribution < -0.4 is 5.32 Å². The third-order valence-corrected chi connectivity index (χ3v) is 3.13. The Labute approximate surface area is 106 Å². The SMILES string of the molecule is CCn1cc(C(NCC2CCCO2)C(=O)O)cn1. The molecular formula is C12H19N3O3. The monoisotopic (exact) mass is 253 g/mol. The van der Waals surface area contributed by atoms with Crippen LogP contribution in [-0.2, 0) is 16.1 Å². The van der Waals surface area contributed by atoms with Gasteiger partial charge < -0.3 is 9.84 Å². The number of aliphatic carboxylic acids is 1. The first-order chi connectivity index (χ1) is 8.70. The average molecular weight is 253 g/mol. The van der Waals surface area contributed by atoms with Crippen molar-refractivity contribution in [2.75, 3.05) is 13.2 Å². The molecule has 1 saturated heterocycles. The van der Waals surface area contributed by atoms with E-state index in [9.17, 15) is 9.90 Å². The van der Waals surface area contributed by atoms with E-state index in [2.05, 4.69) is 10.4 Å². The smallest absolute Gasteiger partial charge is 0.325 e. The first kappa shape index (κ1) is 13.0. The molecule has 100 valence electrons. The molecule has 0 bridgehead atoms. The highest BCUT2D eigenvalue weighted by Crippen LogP contribution is 2.15. The lowest BCUT2D eigenvalue weighted by atomic mass is 10.1. The van der Waals surface area contributed by atoms with Gasteiger partial charge in [-0.05, 0) is 19.8 Å². The highest BCUT2D eigenvalue weighted by molar-refractivity contribution is 5.75. The molecule has 1 aromatic rings. The van der Waals surface area contributed by atoms with Gasteiger partial charge in [0.15, 0.2) is 0 Å². The maximum absolute atomic E-state index is 11.3. The molecule has 0 aliphatic carbocycles. The molecule has 0 aromatic carbocycles. The second-order valence-corrected chi connectivity index (χ2v) is 4.44. The van der Waals surface area contributed by atoms with Crippen molar-refractivity contribution in [3.8, 4) is 0 Å². The lowest BCUT2D eigenvalue weighted by Gasteiger charge is -2.16. The Kier molecular flexibility index (Phi) is 4.33. The van der Waals surface area contributed by atoms with Crippen molar-refractivity contribution in [1.82, 2.24) is 15.1 Å². The number of rotatable bonds is 6. The maximum atomic E-state index is 11.3. The third kappa shape index (κ3) is 3.08. The maximum Gasteiger partial charge on any atom is 0.325 e. The highest BCUT2D eigenvalue weighted by atomic mass is 16.5. The Morgan fingerprint density at radius 1 is 1.78 bits per heavy atom. The lowest BCUT2D eigenvalue weighted by molar-refractivity contribution is -0.139. The van der Waals surface area contributed by atoms with Gasteiger partial charge in [-0.25, -0.2) is 0 Å². The number of ether oxygens (including phenoxy) is 1. The normalized spacial score (nSPS) is 21.1. The molecule has 1 aromatic heterocycles. The van der Waals surface area contributed by atoms with Crippen LogP contribution in [0, 0.1) is 0 Å². The van der Waals surface area contributed by atoms with Crippen LogP contribution in [0.2, 0.25) is 0 Å². The number of nitrogens with zero attached hydrogens (tertiary/aromatic N) is 2. The van der Waals surface area contributed by atoms with Crippen LogP contribution in [0.3, 0.4) is 0 Å². The molecule has 1 aliphatic heterocycles. The minimum Gasteiger partial charge on any atom is -0.480 e. The molecule has 6 heteroatoms. The van der Waals surface area contributed by atoms with Gasteiger partial charge in [0.05, 0.1) is 12.3 Å². The van der Waals surface area contributed by atoms with Crippen molar-refractivity contribution in [3.63, 3.8) is 0 Å². The summed E-state index contributed by atoms with van der Waals surface area (Å²) in [5.74, 6) is -0.886. The second-order valence-electron chi connectivity index (χ2n) is 4.44. The van der Waals surface area contributed by atoms with Gasteiger partial charge in [-0.3, -0.25) is 14.8 Å². The average Bonchev–Trinajstić information content (AvgIpc) is 2.99. The Balaban J connectivity index is 1.96. The standard InChI is InChI=1S/C12H19N3O3/c1-2-15-8-9(6-14-15)11(12(16)17)13-7-10-4-3-5-18-10/h6,8,10-11,13H,2-5,7H2,1H3,(H,16,17). The quantitative estimate of drug-likeness (QED) is 0.784. The molecule has 0 radical (unpaired) electrons. The molecule has 2 rings (SSSR count). The predicted molar refractivity (Wildman–Crippen MR) is 65.3 cm³/mol. The topological polar surface area (TPSA) is 76.4 Å². The fraction of sp³-hybridized carbons (Fsp3) is 0.667. The van der Waals surface area contributed by atoms with E-state index in [-0.39, 0.29) is 6.10 Å². The van der Waals surface area contributed by atoms with Crippen molar-refractivity contribution in [2.45, 2.75) is 38.5 Å². The van der Waals surface area contributed by atoms with E-state index in [4.69, 9.17) is 4.74 Å². The summed E-state index contributed by atoms with van der Waals surface area (Å²) >= 11 is 0. The predicted octanol–water partition coefficient (Wildman–Crippen LogP) is 0.797. The molecule has 0 spiro atoms. The fourth-order valence-corrected chi connectivity index (χ4v) is 2.10. The van der Waals surface area contributed by atoms with Gasteiger partial charge in [0, 0.05) is 31.5 Å². The van der Waals surface area contributed by atoms with Gasteiger partial charge >= 0.3 is 5.97 Å². The molecule has 1 fully saturated rings. The number of nitrogens with one attached hydrogen (secondary N) is 1. The third-order valence-electron chi connectivity index (χ3n) is 3.13. The minimum atomic E-state index is -0.886. The Morgan fingerprint density at radius 2 is 2.61 bits per heavy atom. The van der Waals surface area contributed by atoms with Crippen LogP contribution in [0.5, 0.6) is 0 Å². The van der Waals surface area contributed by atoms with Crippen molar-refractivity contribution in [1.29, 1.82) is 0 Å². The Morgan fingerprint density at radius 3 is 3.17 bits per heavy atom. The molecule has 0 saturated carbocycles. The summed E-state index contributed by atoms with van der Waals surface area (Å²) < 4.78 is 7.19. The fourth-order valence-electron chi connectivity index (χ4n) is 2.10. The van der Waals surface area contributed by atoms with Gasteiger partial charge in [-0.1, -0.05) is 0 Å². The summed E-state index contributed by atoms with van der Waals surface area (Å²) in [6, 6.07) is -0.713. The van der Waals surface area contributed by atoms with Gasteiger partial charge in [0.25, 0.3) is 0 Å². The van der Waals surface area contributed by atoms with E-state index in [1.165, 1.54) is 0 Å². The summed E-state index contributed by atoms with van der Waals surface area (Å²) in [5, 5.41) is 16.4. The van der Waals surface area contributed by atoms with E-state index in [1.807, 2.05) is 6.92 Å². The molecular weight excluding hydrogens is 234 g/mol. The van der Waals surface area contributed by atoms with Crippen LogP contribution in [0.4, 0.5) is 0 Å². The van der Waals surface area contributed by atoms with Crippen LogP contribution in [-0.4, -0.2) is 40.1 Å². The number of hydrogen-bond donors (Lipinski definition) is 2. The van der Waals surface area contributed by atoms with Crippen LogP contribution >= 0.6 is 0 Å². The highest BCUT2D eigenvalue weighted by Gasteiger charge is 2.23. The van der Waals surface area contributed by atoms with Crippen molar-refractivity contribution >= 4 is 5.97 Å². The van der Waals surface area contributed by atoms with E-state index in [0.29, 0.717) is 12.1 Å². The Hall–Kier alpha value is -1.40.